The summed E-state index contributed by atoms with van der Waals surface area (Å²) in [6, 6.07) is 15.6. The van der Waals surface area contributed by atoms with E-state index >= 15 is 0 Å². The van der Waals surface area contributed by atoms with Crippen LogP contribution in [0.4, 0.5) is 10.1 Å². The molecule has 12 heteroatoms. The second-order valence-corrected chi connectivity index (χ2v) is 10.6. The third-order valence-corrected chi connectivity index (χ3v) is 7.68. The molecule has 0 saturated heterocycles. The highest BCUT2D eigenvalue weighted by molar-refractivity contribution is 7.92. The molecule has 0 atom stereocenters. The van der Waals surface area contributed by atoms with E-state index < -0.39 is 27.7 Å². The number of benzene rings is 3. The van der Waals surface area contributed by atoms with Crippen molar-refractivity contribution in [2.24, 2.45) is 4.99 Å². The lowest BCUT2D eigenvalue weighted by Gasteiger charge is -2.09. The Labute approximate surface area is 222 Å². The molecular weight excluding hydrogens is 533 g/mol. The van der Waals surface area contributed by atoms with E-state index in [0.29, 0.717) is 17.9 Å². The van der Waals surface area contributed by atoms with Gasteiger partial charge < -0.3 is 14.0 Å². The van der Waals surface area contributed by atoms with Gasteiger partial charge in [-0.1, -0.05) is 17.4 Å². The zero-order chi connectivity index (χ0) is 27.3. The highest BCUT2D eigenvalue weighted by Gasteiger charge is 2.17. The van der Waals surface area contributed by atoms with Crippen molar-refractivity contribution >= 4 is 49.1 Å². The lowest BCUT2D eigenvalue weighted by molar-refractivity contribution is -0.143. The number of sulfonamides is 1. The number of hydrogen-bond acceptors (Lipinski definition) is 7. The normalized spacial score (nSPS) is 11.9. The van der Waals surface area contributed by atoms with Gasteiger partial charge in [-0.25, -0.2) is 12.8 Å². The van der Waals surface area contributed by atoms with Crippen molar-refractivity contribution in [2.45, 2.75) is 25.3 Å². The van der Waals surface area contributed by atoms with Gasteiger partial charge in [0.25, 0.3) is 15.9 Å². The van der Waals surface area contributed by atoms with Gasteiger partial charge in [0.05, 0.1) is 28.3 Å². The molecule has 4 aromatic rings. The number of fused-ring (bicyclic) bond motifs is 1. The fraction of sp³-hybridized carbons (Fsp3) is 0.192. The Balaban J connectivity index is 1.68. The molecule has 0 spiro atoms. The average molecular weight is 558 g/mol. The number of amides is 1. The number of nitrogens with zero attached hydrogens (tertiary/aromatic N) is 2. The molecule has 3 aromatic carbocycles. The first-order valence-corrected chi connectivity index (χ1v) is 13.9. The molecule has 0 aliphatic heterocycles. The van der Waals surface area contributed by atoms with E-state index in [4.69, 9.17) is 9.47 Å². The maximum Gasteiger partial charge on any atom is 0.326 e. The van der Waals surface area contributed by atoms with Gasteiger partial charge in [-0.15, -0.1) is 0 Å². The topological polar surface area (TPSA) is 116 Å². The van der Waals surface area contributed by atoms with Crippen LogP contribution in [0.1, 0.15) is 24.2 Å². The standard InChI is InChI=1S/C26H24FN3O6S2/c1-3-35-20-10-13-22-23(15-20)37-26(30(22)16-24(31)36-4-2)28-25(32)17-6-5-7-19(14-17)29-38(33,34)21-11-8-18(27)9-12-21/h5-15,29H,3-4,16H2,1-2H3. The fourth-order valence-corrected chi connectivity index (χ4v) is 5.68. The molecule has 9 nitrogen and oxygen atoms in total. The smallest absolute Gasteiger partial charge is 0.326 e. The number of nitrogens with one attached hydrogen (secondary N) is 1. The van der Waals surface area contributed by atoms with Crippen molar-refractivity contribution in [1.29, 1.82) is 0 Å². The second-order valence-electron chi connectivity index (χ2n) is 7.90. The summed E-state index contributed by atoms with van der Waals surface area (Å²) < 4.78 is 53.9. The summed E-state index contributed by atoms with van der Waals surface area (Å²) in [6.07, 6.45) is 0. The summed E-state index contributed by atoms with van der Waals surface area (Å²) in [5.41, 5.74) is 0.936. The summed E-state index contributed by atoms with van der Waals surface area (Å²) in [5.74, 6) is -1.04. The van der Waals surface area contributed by atoms with Gasteiger partial charge in [0.2, 0.25) is 0 Å². The number of halogens is 1. The average Bonchev–Trinajstić information content (AvgIpc) is 3.20. The molecule has 0 bridgehead atoms. The molecule has 0 unspecified atom stereocenters. The highest BCUT2D eigenvalue weighted by Crippen LogP contribution is 2.24. The van der Waals surface area contributed by atoms with Crippen LogP contribution in [-0.2, 0) is 26.1 Å². The fourth-order valence-electron chi connectivity index (χ4n) is 3.58. The van der Waals surface area contributed by atoms with Crippen LogP contribution >= 0.6 is 11.3 Å². The summed E-state index contributed by atoms with van der Waals surface area (Å²) >= 11 is 1.21. The van der Waals surface area contributed by atoms with Crippen LogP contribution in [0, 0.1) is 5.82 Å². The maximum absolute atomic E-state index is 13.2. The van der Waals surface area contributed by atoms with Crippen LogP contribution in [0.3, 0.4) is 0 Å². The first-order valence-electron chi connectivity index (χ1n) is 11.6. The van der Waals surface area contributed by atoms with E-state index in [1.807, 2.05) is 6.92 Å². The number of thiazole rings is 1. The molecule has 1 aromatic heterocycles. The van der Waals surface area contributed by atoms with Crippen LogP contribution in [0.5, 0.6) is 5.75 Å². The summed E-state index contributed by atoms with van der Waals surface area (Å²) in [6.45, 7) is 4.12. The Morgan fingerprint density at radius 3 is 2.50 bits per heavy atom. The minimum Gasteiger partial charge on any atom is -0.494 e. The number of esters is 1. The maximum atomic E-state index is 13.2. The predicted molar refractivity (Wildman–Crippen MR) is 141 cm³/mol. The molecule has 38 heavy (non-hydrogen) atoms. The molecule has 1 amide bonds. The largest absolute Gasteiger partial charge is 0.494 e. The monoisotopic (exact) mass is 557 g/mol. The number of ether oxygens (including phenoxy) is 2. The van der Waals surface area contributed by atoms with Crippen molar-refractivity contribution in [3.63, 3.8) is 0 Å². The highest BCUT2D eigenvalue weighted by atomic mass is 32.2. The Kier molecular flexibility index (Phi) is 8.23. The SMILES string of the molecule is CCOC(=O)Cn1c(=NC(=O)c2cccc(NS(=O)(=O)c3ccc(F)cc3)c2)sc2cc(OCC)ccc21. The minimum atomic E-state index is -4.01. The van der Waals surface area contributed by atoms with E-state index in [-0.39, 0.29) is 34.1 Å². The Morgan fingerprint density at radius 1 is 1.03 bits per heavy atom. The lowest BCUT2D eigenvalue weighted by Crippen LogP contribution is -2.23. The van der Waals surface area contributed by atoms with Crippen molar-refractivity contribution in [1.82, 2.24) is 4.57 Å². The summed E-state index contributed by atoms with van der Waals surface area (Å²) in [5, 5.41) is 0. The molecule has 0 saturated carbocycles. The van der Waals surface area contributed by atoms with Crippen molar-refractivity contribution in [2.75, 3.05) is 17.9 Å². The summed E-state index contributed by atoms with van der Waals surface area (Å²) in [7, 11) is -4.01. The van der Waals surface area contributed by atoms with Crippen LogP contribution in [-0.4, -0.2) is 38.1 Å². The van der Waals surface area contributed by atoms with E-state index in [0.717, 1.165) is 29.0 Å². The van der Waals surface area contributed by atoms with Crippen molar-refractivity contribution < 1.29 is 31.9 Å². The molecule has 0 radical (unpaired) electrons. The molecule has 4 rings (SSSR count). The number of rotatable bonds is 9. The van der Waals surface area contributed by atoms with Gasteiger partial charge >= 0.3 is 5.97 Å². The molecule has 0 aliphatic carbocycles. The number of anilines is 1. The van der Waals surface area contributed by atoms with Gasteiger partial charge in [-0.05, 0) is 74.5 Å². The van der Waals surface area contributed by atoms with Gasteiger partial charge in [-0.3, -0.25) is 14.3 Å². The van der Waals surface area contributed by atoms with Gasteiger partial charge in [-0.2, -0.15) is 4.99 Å². The zero-order valence-corrected chi connectivity index (χ0v) is 22.1. The van der Waals surface area contributed by atoms with E-state index in [1.165, 1.54) is 35.6 Å². The molecule has 0 aliphatic rings. The molecule has 1 heterocycles. The molecule has 1 N–H and O–H groups in total. The van der Waals surface area contributed by atoms with E-state index in [9.17, 15) is 22.4 Å². The van der Waals surface area contributed by atoms with Crippen molar-refractivity contribution in [3.05, 3.63) is 82.9 Å². The first kappa shape index (κ1) is 27.0. The lowest BCUT2D eigenvalue weighted by atomic mass is 10.2. The number of hydrogen-bond donors (Lipinski definition) is 1. The van der Waals surface area contributed by atoms with Crippen LogP contribution in [0.15, 0.2) is 76.6 Å². The quantitative estimate of drug-likeness (QED) is 0.306. The van der Waals surface area contributed by atoms with Crippen LogP contribution < -0.4 is 14.3 Å². The number of carbonyl (C=O) groups is 2. The third-order valence-electron chi connectivity index (χ3n) is 5.24. The van der Waals surface area contributed by atoms with Crippen LogP contribution in [0.25, 0.3) is 10.2 Å². The van der Waals surface area contributed by atoms with Crippen molar-refractivity contribution in [3.8, 4) is 5.75 Å². The van der Waals surface area contributed by atoms with E-state index in [2.05, 4.69) is 9.71 Å². The van der Waals surface area contributed by atoms with Gasteiger partial charge in [0.1, 0.15) is 18.1 Å². The number of aromatic nitrogens is 1. The van der Waals surface area contributed by atoms with Crippen LogP contribution in [0.2, 0.25) is 0 Å². The Bertz CT molecular complexity index is 1660. The molecular formula is C26H24FN3O6S2. The van der Waals surface area contributed by atoms with E-state index in [1.54, 1.807) is 29.7 Å². The Hall–Kier alpha value is -4.03. The molecule has 0 fully saturated rings. The van der Waals surface area contributed by atoms with Gasteiger partial charge in [0.15, 0.2) is 4.80 Å². The zero-order valence-electron chi connectivity index (χ0n) is 20.5. The Morgan fingerprint density at radius 2 is 1.79 bits per heavy atom. The minimum absolute atomic E-state index is 0.124. The third kappa shape index (κ3) is 6.26. The number of carbonyl (C=O) groups excluding carboxylic acids is 2. The molecule has 198 valence electrons. The second kappa shape index (κ2) is 11.6. The first-order chi connectivity index (χ1) is 18.2. The summed E-state index contributed by atoms with van der Waals surface area (Å²) in [4.78, 5) is 29.8. The predicted octanol–water partition coefficient (Wildman–Crippen LogP) is 4.35. The van der Waals surface area contributed by atoms with Gasteiger partial charge in [0, 0.05) is 11.3 Å².